The molecular weight excluding hydrogens is 285 g/mol. The van der Waals surface area contributed by atoms with Gasteiger partial charge in [-0.1, -0.05) is 78.9 Å². The summed E-state index contributed by atoms with van der Waals surface area (Å²) >= 11 is 0. The van der Waals surface area contributed by atoms with Crippen LogP contribution in [0.15, 0.2) is 91.0 Å². The molecule has 0 saturated carbocycles. The van der Waals surface area contributed by atoms with Crippen LogP contribution in [-0.4, -0.2) is 7.05 Å². The van der Waals surface area contributed by atoms with Gasteiger partial charge < -0.3 is 4.67 Å². The smallest absolute Gasteiger partial charge is 0.0398 e. The van der Waals surface area contributed by atoms with E-state index in [-0.39, 0.29) is 0 Å². The largest absolute Gasteiger partial charge is 0.349 e. The SMILES string of the molecule is CN(c1ccccc1)P(Cc1ccccc1)c1ccccc1. The summed E-state index contributed by atoms with van der Waals surface area (Å²) in [7, 11) is 1.77. The fourth-order valence-corrected chi connectivity index (χ4v) is 4.74. The monoisotopic (exact) mass is 305 g/mol. The van der Waals surface area contributed by atoms with Gasteiger partial charge in [-0.15, -0.1) is 0 Å². The molecule has 3 aromatic carbocycles. The van der Waals surface area contributed by atoms with Gasteiger partial charge in [-0.25, -0.2) is 0 Å². The summed E-state index contributed by atoms with van der Waals surface area (Å²) in [5.74, 6) is 0. The molecule has 0 aliphatic carbocycles. The van der Waals surface area contributed by atoms with E-state index in [2.05, 4.69) is 103 Å². The molecule has 0 aromatic heterocycles. The fourth-order valence-electron chi connectivity index (χ4n) is 2.51. The normalized spacial score (nSPS) is 11.9. The second-order valence-electron chi connectivity index (χ2n) is 5.24. The third-order valence-corrected chi connectivity index (χ3v) is 6.24. The van der Waals surface area contributed by atoms with E-state index >= 15 is 0 Å². The first-order chi connectivity index (χ1) is 10.8. The van der Waals surface area contributed by atoms with Crippen molar-refractivity contribution in [3.8, 4) is 0 Å². The van der Waals surface area contributed by atoms with E-state index in [1.54, 1.807) is 0 Å². The number of nitrogens with zero attached hydrogens (tertiary/aromatic N) is 1. The van der Waals surface area contributed by atoms with Crippen LogP contribution < -0.4 is 9.97 Å². The molecule has 3 aromatic rings. The molecule has 0 N–H and O–H groups in total. The molecule has 0 radical (unpaired) electrons. The van der Waals surface area contributed by atoms with E-state index in [0.717, 1.165) is 6.16 Å². The quantitative estimate of drug-likeness (QED) is 0.597. The molecule has 0 amide bonds. The molecule has 22 heavy (non-hydrogen) atoms. The van der Waals surface area contributed by atoms with Gasteiger partial charge in [0.1, 0.15) is 0 Å². The van der Waals surface area contributed by atoms with E-state index < -0.39 is 8.07 Å². The van der Waals surface area contributed by atoms with Crippen LogP contribution in [0.25, 0.3) is 0 Å². The molecular formula is C20H20NP. The molecule has 0 saturated heterocycles. The van der Waals surface area contributed by atoms with E-state index in [1.807, 2.05) is 0 Å². The topological polar surface area (TPSA) is 3.24 Å². The van der Waals surface area contributed by atoms with Gasteiger partial charge in [-0.3, -0.25) is 0 Å². The molecule has 0 heterocycles. The zero-order valence-electron chi connectivity index (χ0n) is 12.8. The molecule has 0 fully saturated rings. The summed E-state index contributed by atoms with van der Waals surface area (Å²) in [5.41, 5.74) is 2.66. The Morgan fingerprint density at radius 2 is 1.18 bits per heavy atom. The van der Waals surface area contributed by atoms with Crippen molar-refractivity contribution in [3.63, 3.8) is 0 Å². The van der Waals surface area contributed by atoms with E-state index in [0.29, 0.717) is 0 Å². The molecule has 2 heteroatoms. The van der Waals surface area contributed by atoms with Crippen molar-refractivity contribution >= 4 is 19.1 Å². The highest BCUT2D eigenvalue weighted by atomic mass is 31.1. The summed E-state index contributed by atoms with van der Waals surface area (Å²) in [6.45, 7) is 0. The van der Waals surface area contributed by atoms with Crippen molar-refractivity contribution in [2.24, 2.45) is 0 Å². The Labute approximate surface area is 134 Å². The third kappa shape index (κ3) is 3.55. The molecule has 0 aliphatic heterocycles. The van der Waals surface area contributed by atoms with Crippen molar-refractivity contribution in [1.29, 1.82) is 0 Å². The van der Waals surface area contributed by atoms with Gasteiger partial charge in [-0.2, -0.15) is 0 Å². The van der Waals surface area contributed by atoms with E-state index in [4.69, 9.17) is 0 Å². The number of anilines is 1. The van der Waals surface area contributed by atoms with Gasteiger partial charge in [0.15, 0.2) is 0 Å². The average molecular weight is 305 g/mol. The second kappa shape index (κ2) is 7.24. The Hall–Kier alpha value is -2.11. The van der Waals surface area contributed by atoms with Crippen molar-refractivity contribution in [3.05, 3.63) is 96.6 Å². The van der Waals surface area contributed by atoms with Crippen LogP contribution in [0.1, 0.15) is 5.56 Å². The Morgan fingerprint density at radius 1 is 0.682 bits per heavy atom. The summed E-state index contributed by atoms with van der Waals surface area (Å²) in [6.07, 6.45) is 1.06. The Morgan fingerprint density at radius 3 is 1.77 bits per heavy atom. The van der Waals surface area contributed by atoms with Gasteiger partial charge in [0.25, 0.3) is 0 Å². The standard InChI is InChI=1S/C20H20NP/c1-21(19-13-7-3-8-14-19)22(20-15-9-4-10-16-20)17-18-11-5-2-6-12-18/h2-16H,17H2,1H3. The van der Waals surface area contributed by atoms with Crippen LogP contribution >= 0.6 is 8.07 Å². The highest BCUT2D eigenvalue weighted by Gasteiger charge is 2.17. The van der Waals surface area contributed by atoms with Crippen molar-refractivity contribution < 1.29 is 0 Å². The van der Waals surface area contributed by atoms with E-state index in [9.17, 15) is 0 Å². The highest BCUT2D eigenvalue weighted by Crippen LogP contribution is 2.44. The van der Waals surface area contributed by atoms with Crippen LogP contribution in [0.4, 0.5) is 5.69 Å². The molecule has 3 rings (SSSR count). The molecule has 0 spiro atoms. The zero-order chi connectivity index (χ0) is 15.2. The lowest BCUT2D eigenvalue weighted by Gasteiger charge is -2.30. The molecule has 1 nitrogen and oxygen atoms in total. The lowest BCUT2D eigenvalue weighted by Crippen LogP contribution is -2.19. The Balaban J connectivity index is 1.93. The Bertz CT molecular complexity index is 683. The minimum atomic E-state index is -0.436. The van der Waals surface area contributed by atoms with Crippen LogP contribution in [0.3, 0.4) is 0 Å². The number of rotatable bonds is 5. The first kappa shape index (κ1) is 14.8. The van der Waals surface area contributed by atoms with Crippen LogP contribution in [0, 0.1) is 0 Å². The lowest BCUT2D eigenvalue weighted by molar-refractivity contribution is 1.29. The maximum Gasteiger partial charge on any atom is 0.0398 e. The van der Waals surface area contributed by atoms with Crippen LogP contribution in [0.5, 0.6) is 0 Å². The second-order valence-corrected chi connectivity index (χ2v) is 7.47. The molecule has 0 aliphatic rings. The summed E-state index contributed by atoms with van der Waals surface area (Å²) in [4.78, 5) is 0. The first-order valence-corrected chi connectivity index (χ1v) is 8.98. The van der Waals surface area contributed by atoms with Gasteiger partial charge in [0, 0.05) is 27.0 Å². The maximum absolute atomic E-state index is 2.43. The third-order valence-electron chi connectivity index (χ3n) is 3.72. The van der Waals surface area contributed by atoms with Crippen LogP contribution in [-0.2, 0) is 6.16 Å². The summed E-state index contributed by atoms with van der Waals surface area (Å²) < 4.78 is 2.43. The van der Waals surface area contributed by atoms with Crippen molar-refractivity contribution in [1.82, 2.24) is 0 Å². The number of hydrogen-bond donors (Lipinski definition) is 0. The summed E-state index contributed by atoms with van der Waals surface area (Å²) in [5, 5.41) is 1.41. The van der Waals surface area contributed by atoms with Gasteiger partial charge in [0.05, 0.1) is 0 Å². The zero-order valence-corrected chi connectivity index (χ0v) is 13.7. The highest BCUT2D eigenvalue weighted by molar-refractivity contribution is 7.66. The maximum atomic E-state index is 2.43. The summed E-state index contributed by atoms with van der Waals surface area (Å²) in [6, 6.07) is 32.2. The predicted molar refractivity (Wildman–Crippen MR) is 98.0 cm³/mol. The predicted octanol–water partition coefficient (Wildman–Crippen LogP) is 5.05. The van der Waals surface area contributed by atoms with E-state index in [1.165, 1.54) is 16.6 Å². The van der Waals surface area contributed by atoms with Gasteiger partial charge in [-0.05, 0) is 23.0 Å². The molecule has 0 bridgehead atoms. The average Bonchev–Trinajstić information content (AvgIpc) is 2.61. The Kier molecular flexibility index (Phi) is 4.88. The number of hydrogen-bond acceptors (Lipinski definition) is 1. The van der Waals surface area contributed by atoms with Gasteiger partial charge in [0.2, 0.25) is 0 Å². The minimum absolute atomic E-state index is 0.436. The number of benzene rings is 3. The molecule has 1 atom stereocenters. The minimum Gasteiger partial charge on any atom is -0.349 e. The van der Waals surface area contributed by atoms with Crippen molar-refractivity contribution in [2.75, 3.05) is 11.7 Å². The lowest BCUT2D eigenvalue weighted by atomic mass is 10.2. The van der Waals surface area contributed by atoms with Crippen LogP contribution in [0.2, 0.25) is 0 Å². The molecule has 110 valence electrons. The van der Waals surface area contributed by atoms with Crippen molar-refractivity contribution in [2.45, 2.75) is 6.16 Å². The number of para-hydroxylation sites is 1. The fraction of sp³-hybridized carbons (Fsp3) is 0.100. The molecule has 1 unspecified atom stereocenters. The first-order valence-electron chi connectivity index (χ1n) is 7.50. The van der Waals surface area contributed by atoms with Gasteiger partial charge >= 0.3 is 0 Å².